The van der Waals surface area contributed by atoms with Crippen molar-refractivity contribution in [3.05, 3.63) is 29.1 Å². The van der Waals surface area contributed by atoms with Gasteiger partial charge in [0, 0.05) is 19.0 Å². The molecule has 0 bridgehead atoms. The first kappa shape index (κ1) is 16.5. The molecule has 3 rings (SSSR count). The van der Waals surface area contributed by atoms with Crippen LogP contribution in [0.15, 0.2) is 12.1 Å². The van der Waals surface area contributed by atoms with E-state index in [1.807, 2.05) is 0 Å². The highest BCUT2D eigenvalue weighted by molar-refractivity contribution is 5.78. The molecule has 1 aromatic carbocycles. The maximum Gasteiger partial charge on any atom is 0.109 e. The van der Waals surface area contributed by atoms with Gasteiger partial charge in [0.1, 0.15) is 5.82 Å². The van der Waals surface area contributed by atoms with E-state index < -0.39 is 0 Å². The molecule has 1 aliphatic rings. The Hall–Kier alpha value is -1.35. The van der Waals surface area contributed by atoms with Gasteiger partial charge in [-0.2, -0.15) is 0 Å². The van der Waals surface area contributed by atoms with Crippen molar-refractivity contribution < 1.29 is 0 Å². The minimum absolute atomic E-state index is 0.687. The zero-order valence-electron chi connectivity index (χ0n) is 15.0. The number of nitrogens with one attached hydrogen (secondary N) is 1. The highest BCUT2D eigenvalue weighted by Crippen LogP contribution is 2.23. The van der Waals surface area contributed by atoms with E-state index in [0.717, 1.165) is 13.0 Å². The summed E-state index contributed by atoms with van der Waals surface area (Å²) in [6.45, 7) is 8.94. The Bertz CT molecular complexity index is 650. The average Bonchev–Trinajstić information content (AvgIpc) is 2.89. The lowest BCUT2D eigenvalue weighted by molar-refractivity contribution is 0.366. The Morgan fingerprint density at radius 3 is 2.78 bits per heavy atom. The van der Waals surface area contributed by atoms with Crippen molar-refractivity contribution in [2.75, 3.05) is 6.54 Å². The molecule has 23 heavy (non-hydrogen) atoms. The predicted molar refractivity (Wildman–Crippen MR) is 98.1 cm³/mol. The molecule has 0 aliphatic carbocycles. The van der Waals surface area contributed by atoms with E-state index in [4.69, 9.17) is 4.98 Å². The van der Waals surface area contributed by atoms with Gasteiger partial charge in [-0.05, 0) is 69.3 Å². The van der Waals surface area contributed by atoms with Crippen LogP contribution in [0.3, 0.4) is 0 Å². The van der Waals surface area contributed by atoms with E-state index in [1.165, 1.54) is 73.1 Å². The van der Waals surface area contributed by atoms with Gasteiger partial charge in [-0.3, -0.25) is 0 Å². The first-order valence-electron chi connectivity index (χ1n) is 9.38. The minimum Gasteiger partial charge on any atom is -0.328 e. The van der Waals surface area contributed by atoms with E-state index in [9.17, 15) is 0 Å². The lowest BCUT2D eigenvalue weighted by Gasteiger charge is -2.24. The molecule has 1 aromatic heterocycles. The standard InChI is InChI=1S/C20H31N3/c1-4-5-9-20-22-18-13-15(2)16(3)14-19(18)23(20)12-10-17-8-6-7-11-21-17/h13-14,17,21H,4-12H2,1-3H3. The average molecular weight is 313 g/mol. The van der Waals surface area contributed by atoms with Crippen molar-refractivity contribution in [2.24, 2.45) is 0 Å². The minimum atomic E-state index is 0.687. The Morgan fingerprint density at radius 1 is 1.22 bits per heavy atom. The number of fused-ring (bicyclic) bond motifs is 1. The number of nitrogens with zero attached hydrogens (tertiary/aromatic N) is 2. The molecule has 126 valence electrons. The SMILES string of the molecule is CCCCc1nc2cc(C)c(C)cc2n1CCC1CCCCN1. The summed E-state index contributed by atoms with van der Waals surface area (Å²) in [6, 6.07) is 5.28. The van der Waals surface area contributed by atoms with E-state index in [1.54, 1.807) is 0 Å². The summed E-state index contributed by atoms with van der Waals surface area (Å²) in [7, 11) is 0. The summed E-state index contributed by atoms with van der Waals surface area (Å²) in [4.78, 5) is 4.96. The molecule has 0 spiro atoms. The van der Waals surface area contributed by atoms with Crippen molar-refractivity contribution in [1.82, 2.24) is 14.9 Å². The van der Waals surface area contributed by atoms with E-state index in [-0.39, 0.29) is 0 Å². The van der Waals surface area contributed by atoms with Crippen molar-refractivity contribution >= 4 is 11.0 Å². The first-order valence-corrected chi connectivity index (χ1v) is 9.38. The third kappa shape index (κ3) is 3.77. The Morgan fingerprint density at radius 2 is 2.04 bits per heavy atom. The molecular formula is C20H31N3. The van der Waals surface area contributed by atoms with Crippen molar-refractivity contribution in [3.63, 3.8) is 0 Å². The first-order chi connectivity index (χ1) is 11.2. The molecule has 1 aliphatic heterocycles. The van der Waals surface area contributed by atoms with Crippen molar-refractivity contribution in [2.45, 2.75) is 78.3 Å². The van der Waals surface area contributed by atoms with Crippen LogP contribution in [0.2, 0.25) is 0 Å². The van der Waals surface area contributed by atoms with Crippen LogP contribution in [0.5, 0.6) is 0 Å². The zero-order valence-corrected chi connectivity index (χ0v) is 15.0. The van der Waals surface area contributed by atoms with Gasteiger partial charge in [0.05, 0.1) is 11.0 Å². The van der Waals surface area contributed by atoms with E-state index >= 15 is 0 Å². The molecule has 0 radical (unpaired) electrons. The van der Waals surface area contributed by atoms with Gasteiger partial charge in [0.25, 0.3) is 0 Å². The predicted octanol–water partition coefficient (Wildman–Crippen LogP) is 4.53. The van der Waals surface area contributed by atoms with Gasteiger partial charge in [-0.25, -0.2) is 4.98 Å². The molecule has 1 atom stereocenters. The fourth-order valence-corrected chi connectivity index (χ4v) is 3.66. The number of aryl methyl sites for hydroxylation is 4. The summed E-state index contributed by atoms with van der Waals surface area (Å²) in [5.41, 5.74) is 5.22. The summed E-state index contributed by atoms with van der Waals surface area (Å²) < 4.78 is 2.49. The van der Waals surface area contributed by atoms with Gasteiger partial charge < -0.3 is 9.88 Å². The van der Waals surface area contributed by atoms with E-state index in [0.29, 0.717) is 6.04 Å². The normalized spacial score (nSPS) is 18.7. The van der Waals surface area contributed by atoms with Crippen LogP contribution >= 0.6 is 0 Å². The maximum atomic E-state index is 4.96. The Kier molecular flexibility index (Phi) is 5.37. The molecule has 3 heteroatoms. The number of unbranched alkanes of at least 4 members (excludes halogenated alkanes) is 1. The van der Waals surface area contributed by atoms with Crippen LogP contribution < -0.4 is 5.32 Å². The largest absolute Gasteiger partial charge is 0.328 e. The second-order valence-electron chi connectivity index (χ2n) is 7.14. The number of rotatable bonds is 6. The second kappa shape index (κ2) is 7.48. The summed E-state index contributed by atoms with van der Waals surface area (Å²) in [5, 5.41) is 3.68. The molecule has 2 heterocycles. The number of piperidine rings is 1. The highest BCUT2D eigenvalue weighted by atomic mass is 15.1. The highest BCUT2D eigenvalue weighted by Gasteiger charge is 2.16. The number of hydrogen-bond acceptors (Lipinski definition) is 2. The molecule has 1 fully saturated rings. The molecule has 0 saturated carbocycles. The Labute approximate surface area is 140 Å². The fraction of sp³-hybridized carbons (Fsp3) is 0.650. The molecule has 2 aromatic rings. The van der Waals surface area contributed by atoms with Crippen molar-refractivity contribution in [1.29, 1.82) is 0 Å². The van der Waals surface area contributed by atoms with Gasteiger partial charge in [0.15, 0.2) is 0 Å². The zero-order chi connectivity index (χ0) is 16.2. The number of aromatic nitrogens is 2. The number of imidazole rings is 1. The van der Waals surface area contributed by atoms with Crippen LogP contribution in [-0.2, 0) is 13.0 Å². The Balaban J connectivity index is 1.86. The summed E-state index contributed by atoms with van der Waals surface area (Å²) in [6.07, 6.45) is 8.82. The van der Waals surface area contributed by atoms with Crippen LogP contribution in [0, 0.1) is 13.8 Å². The molecular weight excluding hydrogens is 282 g/mol. The molecule has 1 unspecified atom stereocenters. The lowest BCUT2D eigenvalue weighted by atomic mass is 10.0. The summed E-state index contributed by atoms with van der Waals surface area (Å²) >= 11 is 0. The smallest absolute Gasteiger partial charge is 0.109 e. The van der Waals surface area contributed by atoms with Crippen LogP contribution in [0.4, 0.5) is 0 Å². The van der Waals surface area contributed by atoms with Crippen molar-refractivity contribution in [3.8, 4) is 0 Å². The van der Waals surface area contributed by atoms with Gasteiger partial charge in [0.2, 0.25) is 0 Å². The van der Waals surface area contributed by atoms with Crippen LogP contribution in [0.1, 0.15) is 62.4 Å². The quantitative estimate of drug-likeness (QED) is 0.849. The third-order valence-electron chi connectivity index (χ3n) is 5.31. The number of hydrogen-bond donors (Lipinski definition) is 1. The third-order valence-corrected chi connectivity index (χ3v) is 5.31. The van der Waals surface area contributed by atoms with Gasteiger partial charge in [-0.15, -0.1) is 0 Å². The molecule has 1 N–H and O–H groups in total. The molecule has 3 nitrogen and oxygen atoms in total. The molecule has 1 saturated heterocycles. The fourth-order valence-electron chi connectivity index (χ4n) is 3.66. The maximum absolute atomic E-state index is 4.96. The second-order valence-corrected chi connectivity index (χ2v) is 7.14. The monoisotopic (exact) mass is 313 g/mol. The topological polar surface area (TPSA) is 29.9 Å². The van der Waals surface area contributed by atoms with E-state index in [2.05, 4.69) is 42.8 Å². The van der Waals surface area contributed by atoms with Crippen LogP contribution in [0.25, 0.3) is 11.0 Å². The van der Waals surface area contributed by atoms with Crippen LogP contribution in [-0.4, -0.2) is 22.1 Å². The van der Waals surface area contributed by atoms with Gasteiger partial charge >= 0.3 is 0 Å². The van der Waals surface area contributed by atoms with Gasteiger partial charge in [-0.1, -0.05) is 19.8 Å². The molecule has 0 amide bonds. The summed E-state index contributed by atoms with van der Waals surface area (Å²) in [5.74, 6) is 1.28. The number of benzene rings is 1. The lowest BCUT2D eigenvalue weighted by Crippen LogP contribution is -2.34.